The van der Waals surface area contributed by atoms with E-state index in [2.05, 4.69) is 5.32 Å². The van der Waals surface area contributed by atoms with Gasteiger partial charge in [-0.1, -0.05) is 0 Å². The largest absolute Gasteiger partial charge is 0.481 e. The van der Waals surface area contributed by atoms with Gasteiger partial charge in [-0.05, 0) is 31.7 Å². The highest BCUT2D eigenvalue weighted by molar-refractivity contribution is 5.94. The number of aliphatic carboxylic acids is 1. The molecule has 2 N–H and O–H groups in total. The molecule has 1 aliphatic rings. The molecule has 1 fully saturated rings. The number of carboxylic acid groups (broad SMARTS) is 1. The number of rotatable bonds is 3. The van der Waals surface area contributed by atoms with E-state index in [0.717, 1.165) is 0 Å². The molecule has 0 atom stereocenters. The first-order valence-corrected chi connectivity index (χ1v) is 6.56. The van der Waals surface area contributed by atoms with Gasteiger partial charge in [-0.25, -0.2) is 13.2 Å². The summed E-state index contributed by atoms with van der Waals surface area (Å²) >= 11 is 0. The van der Waals surface area contributed by atoms with Gasteiger partial charge >= 0.3 is 5.97 Å². The number of nitrogens with one attached hydrogen (secondary N) is 1. The van der Waals surface area contributed by atoms with Crippen molar-refractivity contribution < 1.29 is 27.9 Å². The lowest BCUT2D eigenvalue weighted by Gasteiger charge is -2.26. The summed E-state index contributed by atoms with van der Waals surface area (Å²) < 4.78 is 39.3. The number of carboxylic acids is 1. The quantitative estimate of drug-likeness (QED) is 0.843. The molecular formula is C14H14F3NO3. The number of carbonyl (C=O) groups excluding carboxylic acids is 1. The van der Waals surface area contributed by atoms with Gasteiger partial charge in [0.05, 0.1) is 11.5 Å². The third kappa shape index (κ3) is 3.53. The molecule has 1 aliphatic carbocycles. The lowest BCUT2D eigenvalue weighted by molar-refractivity contribution is -0.142. The van der Waals surface area contributed by atoms with E-state index in [1.54, 1.807) is 0 Å². The van der Waals surface area contributed by atoms with Crippen LogP contribution in [0.3, 0.4) is 0 Å². The fraction of sp³-hybridized carbons (Fsp3) is 0.429. The van der Waals surface area contributed by atoms with E-state index in [1.165, 1.54) is 0 Å². The van der Waals surface area contributed by atoms with Crippen molar-refractivity contribution in [3.63, 3.8) is 0 Å². The summed E-state index contributed by atoms with van der Waals surface area (Å²) in [5.74, 6) is -5.91. The van der Waals surface area contributed by atoms with Gasteiger partial charge in [0.1, 0.15) is 5.82 Å². The van der Waals surface area contributed by atoms with E-state index in [4.69, 9.17) is 5.11 Å². The molecule has 4 nitrogen and oxygen atoms in total. The van der Waals surface area contributed by atoms with Crippen molar-refractivity contribution in [2.45, 2.75) is 31.7 Å². The van der Waals surface area contributed by atoms with Gasteiger partial charge < -0.3 is 10.4 Å². The predicted molar refractivity (Wildman–Crippen MR) is 67.2 cm³/mol. The molecule has 114 valence electrons. The zero-order valence-electron chi connectivity index (χ0n) is 11.0. The first-order valence-electron chi connectivity index (χ1n) is 6.56. The van der Waals surface area contributed by atoms with Crippen LogP contribution in [0.5, 0.6) is 0 Å². The lowest BCUT2D eigenvalue weighted by Crippen LogP contribution is -2.39. The first kappa shape index (κ1) is 15.3. The number of hydrogen-bond acceptors (Lipinski definition) is 2. The van der Waals surface area contributed by atoms with Gasteiger partial charge in [-0.3, -0.25) is 9.59 Å². The van der Waals surface area contributed by atoms with E-state index < -0.39 is 40.8 Å². The Hall–Kier alpha value is -2.05. The van der Waals surface area contributed by atoms with Crippen molar-refractivity contribution in [3.8, 4) is 0 Å². The SMILES string of the molecule is O=C(NC1CCC(C(=O)O)CC1)c1cc(F)c(F)cc1F. The van der Waals surface area contributed by atoms with E-state index in [-0.39, 0.29) is 6.04 Å². The third-order valence-electron chi connectivity index (χ3n) is 3.67. The second-order valence-corrected chi connectivity index (χ2v) is 5.11. The third-order valence-corrected chi connectivity index (χ3v) is 3.67. The summed E-state index contributed by atoms with van der Waals surface area (Å²) in [7, 11) is 0. The van der Waals surface area contributed by atoms with E-state index in [0.29, 0.717) is 37.8 Å². The number of halogens is 3. The maximum Gasteiger partial charge on any atom is 0.306 e. The first-order chi connectivity index (χ1) is 9.88. The van der Waals surface area contributed by atoms with Crippen molar-refractivity contribution in [1.29, 1.82) is 0 Å². The van der Waals surface area contributed by atoms with Crippen molar-refractivity contribution >= 4 is 11.9 Å². The molecule has 7 heteroatoms. The van der Waals surface area contributed by atoms with Gasteiger partial charge in [0.25, 0.3) is 5.91 Å². The molecule has 2 rings (SSSR count). The summed E-state index contributed by atoms with van der Waals surface area (Å²) in [6.07, 6.45) is 1.74. The lowest BCUT2D eigenvalue weighted by atomic mass is 9.86. The van der Waals surface area contributed by atoms with E-state index >= 15 is 0 Å². The monoisotopic (exact) mass is 301 g/mol. The summed E-state index contributed by atoms with van der Waals surface area (Å²) in [6.45, 7) is 0. The number of carbonyl (C=O) groups is 2. The van der Waals surface area contributed by atoms with Gasteiger partial charge in [-0.2, -0.15) is 0 Å². The van der Waals surface area contributed by atoms with Gasteiger partial charge in [0, 0.05) is 12.1 Å². The van der Waals surface area contributed by atoms with Gasteiger partial charge in [0.15, 0.2) is 11.6 Å². The van der Waals surface area contributed by atoms with Crippen molar-refractivity contribution in [2.24, 2.45) is 5.92 Å². The molecule has 21 heavy (non-hydrogen) atoms. The Morgan fingerprint density at radius 2 is 1.57 bits per heavy atom. The van der Waals surface area contributed by atoms with E-state index in [1.807, 2.05) is 0 Å². The molecule has 0 heterocycles. The highest BCUT2D eigenvalue weighted by Crippen LogP contribution is 2.25. The highest BCUT2D eigenvalue weighted by Gasteiger charge is 2.27. The fourth-order valence-electron chi connectivity index (χ4n) is 2.44. The Morgan fingerprint density at radius 1 is 1.00 bits per heavy atom. The molecule has 0 saturated heterocycles. The van der Waals surface area contributed by atoms with Gasteiger partial charge in [-0.15, -0.1) is 0 Å². The molecule has 0 spiro atoms. The summed E-state index contributed by atoms with van der Waals surface area (Å²) in [5, 5.41) is 11.4. The zero-order chi connectivity index (χ0) is 15.6. The molecule has 1 saturated carbocycles. The number of benzene rings is 1. The van der Waals surface area contributed by atoms with Crippen LogP contribution in [0.25, 0.3) is 0 Å². The van der Waals surface area contributed by atoms with Crippen molar-refractivity contribution in [3.05, 3.63) is 35.1 Å². The minimum atomic E-state index is -1.36. The van der Waals surface area contributed by atoms with E-state index in [9.17, 15) is 22.8 Å². The molecule has 0 bridgehead atoms. The highest BCUT2D eigenvalue weighted by atomic mass is 19.2. The number of hydrogen-bond donors (Lipinski definition) is 2. The average molecular weight is 301 g/mol. The Labute approximate surface area is 119 Å². The van der Waals surface area contributed by atoms with Crippen LogP contribution < -0.4 is 5.32 Å². The fourth-order valence-corrected chi connectivity index (χ4v) is 2.44. The molecule has 1 amide bonds. The maximum atomic E-state index is 13.5. The topological polar surface area (TPSA) is 66.4 Å². The Kier molecular flexibility index (Phi) is 4.50. The molecule has 0 aromatic heterocycles. The molecular weight excluding hydrogens is 287 g/mol. The minimum Gasteiger partial charge on any atom is -0.481 e. The Morgan fingerprint density at radius 3 is 2.14 bits per heavy atom. The standard InChI is InChI=1S/C14H14F3NO3/c15-10-6-12(17)11(16)5-9(10)13(19)18-8-3-1-7(2-4-8)14(20)21/h5-8H,1-4H2,(H,18,19)(H,20,21). The maximum absolute atomic E-state index is 13.5. The average Bonchev–Trinajstić information content (AvgIpc) is 2.43. The molecule has 0 radical (unpaired) electrons. The van der Waals surface area contributed by atoms with Crippen LogP contribution in [-0.2, 0) is 4.79 Å². The molecule has 0 aliphatic heterocycles. The Bertz CT molecular complexity index is 569. The molecule has 0 unspecified atom stereocenters. The predicted octanol–water partition coefficient (Wildman–Crippen LogP) is 2.48. The van der Waals surface area contributed by atoms with Crippen LogP contribution in [0.4, 0.5) is 13.2 Å². The van der Waals surface area contributed by atoms with Gasteiger partial charge in [0.2, 0.25) is 0 Å². The minimum absolute atomic E-state index is 0.291. The second-order valence-electron chi connectivity index (χ2n) is 5.11. The zero-order valence-corrected chi connectivity index (χ0v) is 11.0. The summed E-state index contributed by atoms with van der Waals surface area (Å²) in [6, 6.07) is 0.551. The van der Waals surface area contributed by atoms with Crippen LogP contribution in [0.2, 0.25) is 0 Å². The van der Waals surface area contributed by atoms with Crippen LogP contribution in [0.1, 0.15) is 36.0 Å². The second kappa shape index (κ2) is 6.15. The molecule has 1 aromatic carbocycles. The van der Waals surface area contributed by atoms with Crippen molar-refractivity contribution in [1.82, 2.24) is 5.32 Å². The van der Waals surface area contributed by atoms with Crippen molar-refractivity contribution in [2.75, 3.05) is 0 Å². The summed E-state index contributed by atoms with van der Waals surface area (Å²) in [4.78, 5) is 22.7. The van der Waals surface area contributed by atoms with Crippen LogP contribution in [0.15, 0.2) is 12.1 Å². The van der Waals surface area contributed by atoms with Crippen LogP contribution >= 0.6 is 0 Å². The van der Waals surface area contributed by atoms with Crippen LogP contribution in [-0.4, -0.2) is 23.0 Å². The van der Waals surface area contributed by atoms with Crippen LogP contribution in [0, 0.1) is 23.4 Å². The summed E-state index contributed by atoms with van der Waals surface area (Å²) in [5.41, 5.74) is -0.561. The normalized spacial score (nSPS) is 21.9. The number of amides is 1. The smallest absolute Gasteiger partial charge is 0.306 e. The Balaban J connectivity index is 2.00. The molecule has 1 aromatic rings.